The molecule has 0 bridgehead atoms. The largest absolute Gasteiger partial charge is 0.497 e. The van der Waals surface area contributed by atoms with Crippen LogP contribution in [0.3, 0.4) is 0 Å². The van der Waals surface area contributed by atoms with E-state index >= 15 is 0 Å². The predicted molar refractivity (Wildman–Crippen MR) is 74.0 cm³/mol. The molecule has 0 aliphatic heterocycles. The molecular formula is C15H23NO2. The van der Waals surface area contributed by atoms with E-state index in [1.54, 1.807) is 7.11 Å². The summed E-state index contributed by atoms with van der Waals surface area (Å²) in [4.78, 5) is 0. The smallest absolute Gasteiger partial charge is 0.120 e. The van der Waals surface area contributed by atoms with E-state index in [-0.39, 0.29) is 0 Å². The predicted octanol–water partition coefficient (Wildman–Crippen LogP) is 2.91. The molecule has 1 aliphatic carbocycles. The molecule has 0 saturated heterocycles. The Labute approximate surface area is 109 Å². The van der Waals surface area contributed by atoms with Gasteiger partial charge in [0, 0.05) is 24.9 Å². The highest BCUT2D eigenvalue weighted by atomic mass is 16.5. The summed E-state index contributed by atoms with van der Waals surface area (Å²) >= 11 is 0. The highest BCUT2D eigenvalue weighted by Gasteiger charge is 2.23. The van der Waals surface area contributed by atoms with E-state index in [4.69, 9.17) is 4.74 Å². The zero-order valence-electron chi connectivity index (χ0n) is 11.1. The van der Waals surface area contributed by atoms with E-state index in [2.05, 4.69) is 11.4 Å². The lowest BCUT2D eigenvalue weighted by atomic mass is 9.79. The number of rotatable bonds is 5. The minimum Gasteiger partial charge on any atom is -0.497 e. The van der Waals surface area contributed by atoms with Crippen LogP contribution >= 0.6 is 0 Å². The molecule has 2 unspecified atom stereocenters. The summed E-state index contributed by atoms with van der Waals surface area (Å²) in [5.41, 5.74) is 1.09. The topological polar surface area (TPSA) is 41.5 Å². The molecule has 1 aromatic rings. The first-order chi connectivity index (χ1) is 8.83. The number of aliphatic hydroxyl groups excluding tert-OH is 1. The Bertz CT molecular complexity index is 367. The molecule has 1 aliphatic rings. The third kappa shape index (κ3) is 3.39. The summed E-state index contributed by atoms with van der Waals surface area (Å²) in [6.07, 6.45) is 4.95. The maximum absolute atomic E-state index is 9.39. The molecule has 0 heterocycles. The summed E-state index contributed by atoms with van der Waals surface area (Å²) in [6.45, 7) is 1.27. The van der Waals surface area contributed by atoms with Gasteiger partial charge in [-0.25, -0.2) is 0 Å². The number of methoxy groups -OCH3 is 1. The Morgan fingerprint density at radius 1 is 1.28 bits per heavy atom. The summed E-state index contributed by atoms with van der Waals surface area (Å²) in [6, 6.07) is 8.00. The molecule has 1 saturated carbocycles. The van der Waals surface area contributed by atoms with E-state index in [0.717, 1.165) is 18.0 Å². The maximum Gasteiger partial charge on any atom is 0.120 e. The van der Waals surface area contributed by atoms with Gasteiger partial charge in [0.05, 0.1) is 7.11 Å². The molecule has 2 rings (SSSR count). The van der Waals surface area contributed by atoms with Gasteiger partial charge in [-0.2, -0.15) is 0 Å². The third-order valence-electron chi connectivity index (χ3n) is 3.94. The van der Waals surface area contributed by atoms with Crippen molar-refractivity contribution in [2.24, 2.45) is 11.8 Å². The molecule has 100 valence electrons. The second kappa shape index (κ2) is 6.64. The van der Waals surface area contributed by atoms with Crippen LogP contribution in [0.15, 0.2) is 24.3 Å². The second-order valence-electron chi connectivity index (χ2n) is 5.10. The zero-order chi connectivity index (χ0) is 12.8. The Morgan fingerprint density at radius 2 is 2.06 bits per heavy atom. The van der Waals surface area contributed by atoms with Crippen LogP contribution in [0.2, 0.25) is 0 Å². The van der Waals surface area contributed by atoms with Gasteiger partial charge in [0.25, 0.3) is 0 Å². The van der Waals surface area contributed by atoms with Crippen LogP contribution in [-0.4, -0.2) is 25.4 Å². The van der Waals surface area contributed by atoms with E-state index in [1.165, 1.54) is 25.7 Å². The lowest BCUT2D eigenvalue weighted by Crippen LogP contribution is -2.28. The Balaban J connectivity index is 1.89. The average molecular weight is 249 g/mol. The van der Waals surface area contributed by atoms with Crippen LogP contribution in [0, 0.1) is 11.8 Å². The van der Waals surface area contributed by atoms with Crippen LogP contribution in [0.1, 0.15) is 25.7 Å². The summed E-state index contributed by atoms with van der Waals surface area (Å²) < 4.78 is 5.21. The van der Waals surface area contributed by atoms with Crippen molar-refractivity contribution in [1.82, 2.24) is 0 Å². The maximum atomic E-state index is 9.39. The van der Waals surface area contributed by atoms with Gasteiger partial charge in [0.15, 0.2) is 0 Å². The number of ether oxygens (including phenoxy) is 1. The highest BCUT2D eigenvalue weighted by Crippen LogP contribution is 2.30. The minimum absolute atomic E-state index is 0.324. The van der Waals surface area contributed by atoms with Crippen LogP contribution in [0.25, 0.3) is 0 Å². The van der Waals surface area contributed by atoms with Gasteiger partial charge >= 0.3 is 0 Å². The lowest BCUT2D eigenvalue weighted by molar-refractivity contribution is 0.141. The van der Waals surface area contributed by atoms with Crippen molar-refractivity contribution >= 4 is 5.69 Å². The average Bonchev–Trinajstić information content (AvgIpc) is 2.45. The molecule has 3 nitrogen and oxygen atoms in total. The SMILES string of the molecule is COc1cccc(NCC2CCCCC2CO)c1. The second-order valence-corrected chi connectivity index (χ2v) is 5.10. The first kappa shape index (κ1) is 13.2. The Kier molecular flexibility index (Phi) is 4.88. The molecule has 3 heteroatoms. The van der Waals surface area contributed by atoms with Gasteiger partial charge < -0.3 is 15.2 Å². The molecule has 2 atom stereocenters. The van der Waals surface area contributed by atoms with E-state index in [1.807, 2.05) is 18.2 Å². The molecule has 18 heavy (non-hydrogen) atoms. The number of aliphatic hydroxyl groups is 1. The van der Waals surface area contributed by atoms with Crippen molar-refractivity contribution in [1.29, 1.82) is 0 Å². The van der Waals surface area contributed by atoms with Crippen molar-refractivity contribution in [3.63, 3.8) is 0 Å². The summed E-state index contributed by atoms with van der Waals surface area (Å²) in [5, 5.41) is 12.9. The van der Waals surface area contributed by atoms with E-state index in [9.17, 15) is 5.11 Å². The monoisotopic (exact) mass is 249 g/mol. The summed E-state index contributed by atoms with van der Waals surface area (Å²) in [5.74, 6) is 1.94. The molecule has 1 aromatic carbocycles. The number of hydrogen-bond acceptors (Lipinski definition) is 3. The van der Waals surface area contributed by atoms with Crippen molar-refractivity contribution < 1.29 is 9.84 Å². The van der Waals surface area contributed by atoms with Crippen LogP contribution in [-0.2, 0) is 0 Å². The van der Waals surface area contributed by atoms with Crippen LogP contribution < -0.4 is 10.1 Å². The lowest BCUT2D eigenvalue weighted by Gasteiger charge is -2.30. The molecule has 1 fully saturated rings. The van der Waals surface area contributed by atoms with E-state index < -0.39 is 0 Å². The fourth-order valence-corrected chi connectivity index (χ4v) is 2.78. The highest BCUT2D eigenvalue weighted by molar-refractivity contribution is 5.48. The van der Waals surface area contributed by atoms with Gasteiger partial charge in [0.1, 0.15) is 5.75 Å². The number of anilines is 1. The molecule has 0 amide bonds. The van der Waals surface area contributed by atoms with E-state index in [0.29, 0.717) is 18.4 Å². The number of benzene rings is 1. The van der Waals surface area contributed by atoms with Crippen molar-refractivity contribution in [3.05, 3.63) is 24.3 Å². The molecule has 0 aromatic heterocycles. The fraction of sp³-hybridized carbons (Fsp3) is 0.600. The van der Waals surface area contributed by atoms with Gasteiger partial charge in [-0.05, 0) is 36.8 Å². The normalized spacial score (nSPS) is 23.7. The van der Waals surface area contributed by atoms with Gasteiger partial charge in [0.2, 0.25) is 0 Å². The quantitative estimate of drug-likeness (QED) is 0.843. The van der Waals surface area contributed by atoms with Crippen molar-refractivity contribution in [2.45, 2.75) is 25.7 Å². The molecular weight excluding hydrogens is 226 g/mol. The zero-order valence-corrected chi connectivity index (χ0v) is 11.1. The van der Waals surface area contributed by atoms with Gasteiger partial charge in [-0.3, -0.25) is 0 Å². The molecule has 0 radical (unpaired) electrons. The number of nitrogens with one attached hydrogen (secondary N) is 1. The van der Waals surface area contributed by atoms with Crippen molar-refractivity contribution in [2.75, 3.05) is 25.6 Å². The van der Waals surface area contributed by atoms with Crippen LogP contribution in [0.5, 0.6) is 5.75 Å². The first-order valence-corrected chi connectivity index (χ1v) is 6.82. The molecule has 0 spiro atoms. The van der Waals surface area contributed by atoms with Gasteiger partial charge in [-0.15, -0.1) is 0 Å². The third-order valence-corrected chi connectivity index (χ3v) is 3.94. The molecule has 2 N–H and O–H groups in total. The summed E-state index contributed by atoms with van der Waals surface area (Å²) in [7, 11) is 1.68. The Morgan fingerprint density at radius 3 is 2.78 bits per heavy atom. The van der Waals surface area contributed by atoms with Crippen LogP contribution in [0.4, 0.5) is 5.69 Å². The fourth-order valence-electron chi connectivity index (χ4n) is 2.78. The standard InChI is InChI=1S/C15H23NO2/c1-18-15-8-4-7-14(9-15)16-10-12-5-2-3-6-13(12)11-17/h4,7-9,12-13,16-17H,2-3,5-6,10-11H2,1H3. The Hall–Kier alpha value is -1.22. The van der Waals surface area contributed by atoms with Gasteiger partial charge in [-0.1, -0.05) is 18.9 Å². The first-order valence-electron chi connectivity index (χ1n) is 6.82. The number of hydrogen-bond donors (Lipinski definition) is 2. The minimum atomic E-state index is 0.324. The van der Waals surface area contributed by atoms with Crippen molar-refractivity contribution in [3.8, 4) is 5.75 Å².